The van der Waals surface area contributed by atoms with E-state index in [4.69, 9.17) is 0 Å². The minimum Gasteiger partial charge on any atom is -0.351 e. The molecular weight excluding hydrogens is 462 g/mol. The molecule has 2 aliphatic rings. The smallest absolute Gasteiger partial charge is 0.251 e. The molecule has 2 amide bonds. The average molecular weight is 496 g/mol. The molecule has 0 spiro atoms. The molecule has 2 atom stereocenters. The molecule has 0 radical (unpaired) electrons. The van der Waals surface area contributed by atoms with Crippen LogP contribution in [0.15, 0.2) is 65.6 Å². The maximum atomic E-state index is 13.6. The van der Waals surface area contributed by atoms with E-state index < -0.39 is 15.6 Å². The lowest BCUT2D eigenvalue weighted by atomic mass is 9.80. The summed E-state index contributed by atoms with van der Waals surface area (Å²) >= 11 is 0. The number of benzene rings is 2. The lowest BCUT2D eigenvalue weighted by molar-refractivity contribution is -0.137. The Bertz CT molecular complexity index is 1190. The largest absolute Gasteiger partial charge is 0.351 e. The van der Waals surface area contributed by atoms with Crippen molar-refractivity contribution in [3.05, 3.63) is 66.2 Å². The van der Waals surface area contributed by atoms with Gasteiger partial charge in [0.15, 0.2) is 5.54 Å². The van der Waals surface area contributed by atoms with Crippen molar-refractivity contribution in [3.63, 3.8) is 0 Å². The van der Waals surface area contributed by atoms with Crippen molar-refractivity contribution in [1.82, 2.24) is 10.0 Å². The number of β-lactam (4-membered cyclic amide) rings is 1. The van der Waals surface area contributed by atoms with Crippen LogP contribution < -0.4 is 14.9 Å². The maximum absolute atomic E-state index is 13.6. The minimum absolute atomic E-state index is 0.0600. The van der Waals surface area contributed by atoms with Crippen molar-refractivity contribution in [2.24, 2.45) is 0 Å². The van der Waals surface area contributed by atoms with Crippen LogP contribution in [0.5, 0.6) is 0 Å². The van der Waals surface area contributed by atoms with E-state index in [0.29, 0.717) is 12.1 Å². The lowest BCUT2D eigenvalue weighted by Gasteiger charge is -2.49. The molecule has 186 valence electrons. The summed E-state index contributed by atoms with van der Waals surface area (Å²) in [7, 11) is -3.67. The Balaban J connectivity index is 1.65. The summed E-state index contributed by atoms with van der Waals surface area (Å²) in [6.45, 7) is 3.71. The highest BCUT2D eigenvalue weighted by Crippen LogP contribution is 2.40. The summed E-state index contributed by atoms with van der Waals surface area (Å²) in [5, 5.41) is 3.15. The third kappa shape index (κ3) is 5.33. The van der Waals surface area contributed by atoms with Gasteiger partial charge in [-0.25, -0.2) is 13.1 Å². The van der Waals surface area contributed by atoms with Crippen LogP contribution in [0.1, 0.15) is 57.9 Å². The Morgan fingerprint density at radius 3 is 2.37 bits per heavy atom. The van der Waals surface area contributed by atoms with E-state index in [0.717, 1.165) is 31.2 Å². The van der Waals surface area contributed by atoms with Crippen molar-refractivity contribution in [3.8, 4) is 0 Å². The normalized spacial score (nSPS) is 21.8. The van der Waals surface area contributed by atoms with E-state index >= 15 is 0 Å². The highest BCUT2D eigenvalue weighted by molar-refractivity contribution is 7.89. The Morgan fingerprint density at radius 1 is 1.11 bits per heavy atom. The molecule has 2 aromatic carbocycles. The van der Waals surface area contributed by atoms with Gasteiger partial charge in [-0.15, -0.1) is 0 Å². The molecule has 1 aliphatic carbocycles. The first kappa shape index (κ1) is 25.1. The number of hydrogen-bond donors (Lipinski definition) is 2. The number of sulfonamides is 1. The second kappa shape index (κ2) is 10.3. The second-order valence-electron chi connectivity index (χ2n) is 9.45. The zero-order valence-corrected chi connectivity index (χ0v) is 21.1. The molecule has 35 heavy (non-hydrogen) atoms. The van der Waals surface area contributed by atoms with Crippen LogP contribution in [0.25, 0.3) is 6.08 Å². The van der Waals surface area contributed by atoms with Gasteiger partial charge in [-0.2, -0.15) is 0 Å². The van der Waals surface area contributed by atoms with Crippen molar-refractivity contribution in [2.75, 3.05) is 4.90 Å². The molecule has 4 rings (SSSR count). The predicted octanol–water partition coefficient (Wildman–Crippen LogP) is 4.01. The van der Waals surface area contributed by atoms with E-state index in [2.05, 4.69) is 10.0 Å². The van der Waals surface area contributed by atoms with E-state index in [1.165, 1.54) is 17.0 Å². The molecule has 2 N–H and O–H groups in total. The molecular formula is C27H33N3O4S. The van der Waals surface area contributed by atoms with Crippen LogP contribution in [0.3, 0.4) is 0 Å². The van der Waals surface area contributed by atoms with E-state index in [-0.39, 0.29) is 35.2 Å². The first-order valence-corrected chi connectivity index (χ1v) is 13.7. The summed E-state index contributed by atoms with van der Waals surface area (Å²) in [6.07, 6.45) is 8.44. The first-order chi connectivity index (χ1) is 16.7. The van der Waals surface area contributed by atoms with Gasteiger partial charge in [0.25, 0.3) is 5.91 Å². The molecule has 7 nitrogen and oxygen atoms in total. The van der Waals surface area contributed by atoms with E-state index in [9.17, 15) is 18.0 Å². The number of rotatable bonds is 9. The Labute approximate surface area is 207 Å². The molecule has 1 aliphatic heterocycles. The summed E-state index contributed by atoms with van der Waals surface area (Å²) < 4.78 is 27.9. The zero-order chi connectivity index (χ0) is 25.1. The lowest BCUT2D eigenvalue weighted by Crippen LogP contribution is -2.70. The Hall–Kier alpha value is -2.97. The molecule has 2 unspecified atom stereocenters. The molecule has 2 fully saturated rings. The van der Waals surface area contributed by atoms with Crippen molar-refractivity contribution in [2.45, 2.75) is 74.9 Å². The maximum Gasteiger partial charge on any atom is 0.251 e. The van der Waals surface area contributed by atoms with Gasteiger partial charge < -0.3 is 5.32 Å². The number of anilines is 1. The minimum atomic E-state index is -3.67. The number of amides is 2. The Morgan fingerprint density at radius 2 is 1.77 bits per heavy atom. The molecule has 2 aromatic rings. The van der Waals surface area contributed by atoms with Crippen LogP contribution in [0.4, 0.5) is 5.69 Å². The Kier molecular flexibility index (Phi) is 7.42. The molecule has 0 bridgehead atoms. The number of nitrogens with one attached hydrogen (secondary N) is 2. The quantitative estimate of drug-likeness (QED) is 0.514. The average Bonchev–Trinajstić information content (AvgIpc) is 3.35. The fourth-order valence-electron chi connectivity index (χ4n) is 4.65. The van der Waals surface area contributed by atoms with Crippen molar-refractivity contribution in [1.29, 1.82) is 0 Å². The summed E-state index contributed by atoms with van der Waals surface area (Å²) in [5.41, 5.74) is 0.255. The number of carbonyl (C=O) groups is 2. The van der Waals surface area contributed by atoms with Gasteiger partial charge in [-0.3, -0.25) is 14.5 Å². The van der Waals surface area contributed by atoms with Crippen LogP contribution in [-0.2, 0) is 19.6 Å². The molecule has 1 heterocycles. The standard InChI is InChI=1S/C27H33N3O4S/c1-3-20(2)29-35(33,34)24-15-13-23(14-16-24)30-25(31)19-27(30,18-17-21-9-5-4-6-10-21)26(32)28-22-11-7-8-12-22/h4-6,9-10,13-18,20,22,29H,3,7-8,11-12,19H2,1-2H3,(H,28,32). The fourth-order valence-corrected chi connectivity index (χ4v) is 5.98. The highest BCUT2D eigenvalue weighted by Gasteiger charge is 2.56. The van der Waals surface area contributed by atoms with Crippen molar-refractivity contribution < 1.29 is 18.0 Å². The number of hydrogen-bond acceptors (Lipinski definition) is 4. The monoisotopic (exact) mass is 495 g/mol. The second-order valence-corrected chi connectivity index (χ2v) is 11.2. The third-order valence-electron chi connectivity index (χ3n) is 6.88. The van der Waals surface area contributed by atoms with Gasteiger partial charge >= 0.3 is 0 Å². The van der Waals surface area contributed by atoms with E-state index in [1.807, 2.05) is 43.3 Å². The van der Waals surface area contributed by atoms with Gasteiger partial charge in [-0.1, -0.05) is 56.2 Å². The SMILES string of the molecule is CCC(C)NS(=O)(=O)c1ccc(N2C(=O)CC2(C=Cc2ccccc2)C(=O)NC2CCCC2)cc1. The van der Waals surface area contributed by atoms with Gasteiger partial charge in [0.1, 0.15) is 0 Å². The third-order valence-corrected chi connectivity index (χ3v) is 8.48. The van der Waals surface area contributed by atoms with Crippen LogP contribution in [0, 0.1) is 0 Å². The van der Waals surface area contributed by atoms with E-state index in [1.54, 1.807) is 25.1 Å². The fraction of sp³-hybridized carbons (Fsp3) is 0.407. The summed E-state index contributed by atoms with van der Waals surface area (Å²) in [5.74, 6) is -0.385. The summed E-state index contributed by atoms with van der Waals surface area (Å²) in [4.78, 5) is 28.0. The van der Waals surface area contributed by atoms with Crippen LogP contribution in [-0.4, -0.2) is 37.9 Å². The number of carbonyl (C=O) groups excluding carboxylic acids is 2. The topological polar surface area (TPSA) is 95.6 Å². The zero-order valence-electron chi connectivity index (χ0n) is 20.2. The molecule has 1 saturated heterocycles. The molecule has 8 heteroatoms. The predicted molar refractivity (Wildman–Crippen MR) is 137 cm³/mol. The van der Waals surface area contributed by atoms with Gasteiger partial charge in [-0.05, 0) is 62.1 Å². The van der Waals surface area contributed by atoms with Crippen molar-refractivity contribution >= 4 is 33.6 Å². The molecule has 1 saturated carbocycles. The highest BCUT2D eigenvalue weighted by atomic mass is 32.2. The van der Waals surface area contributed by atoms with Crippen LogP contribution in [0.2, 0.25) is 0 Å². The summed E-state index contributed by atoms with van der Waals surface area (Å²) in [6, 6.07) is 15.7. The van der Waals surface area contributed by atoms with Gasteiger partial charge in [0.05, 0.1) is 11.3 Å². The molecule has 0 aromatic heterocycles. The number of nitrogens with zero attached hydrogens (tertiary/aromatic N) is 1. The van der Waals surface area contributed by atoms with Gasteiger partial charge in [0.2, 0.25) is 15.9 Å². The van der Waals surface area contributed by atoms with Gasteiger partial charge in [0, 0.05) is 17.8 Å². The first-order valence-electron chi connectivity index (χ1n) is 12.3. The van der Waals surface area contributed by atoms with Crippen LogP contribution >= 0.6 is 0 Å².